The number of hydrogen-bond donors (Lipinski definition) is 2. The Hall–Kier alpha value is -3.49. The van der Waals surface area contributed by atoms with E-state index in [9.17, 15) is 9.59 Å². The number of carbonyl (C=O) groups excluding carboxylic acids is 2. The van der Waals surface area contributed by atoms with Gasteiger partial charge in [-0.1, -0.05) is 0 Å². The maximum atomic E-state index is 12.3. The summed E-state index contributed by atoms with van der Waals surface area (Å²) in [6.07, 6.45) is 3.14. The van der Waals surface area contributed by atoms with Crippen molar-refractivity contribution in [3.05, 3.63) is 53.9 Å². The van der Waals surface area contributed by atoms with Gasteiger partial charge in [0.2, 0.25) is 11.8 Å². The molecule has 0 radical (unpaired) electrons. The van der Waals surface area contributed by atoms with Crippen molar-refractivity contribution in [3.8, 4) is 0 Å². The fraction of sp³-hybridized carbons (Fsp3) is 0.316. The van der Waals surface area contributed by atoms with E-state index in [-0.39, 0.29) is 18.2 Å². The zero-order chi connectivity index (χ0) is 20.3. The number of nitrogens with one attached hydrogen (secondary N) is 2. The summed E-state index contributed by atoms with van der Waals surface area (Å²) in [6, 6.07) is 6.49. The highest BCUT2D eigenvalue weighted by Crippen LogP contribution is 2.17. The molecule has 0 aliphatic carbocycles. The number of rotatable bonds is 6. The van der Waals surface area contributed by atoms with Crippen LogP contribution >= 0.6 is 0 Å². The molecular weight excluding hydrogens is 358 g/mol. The Morgan fingerprint density at radius 2 is 1.75 bits per heavy atom. The summed E-state index contributed by atoms with van der Waals surface area (Å²) < 4.78 is 3.25. The van der Waals surface area contributed by atoms with E-state index in [0.29, 0.717) is 11.4 Å². The first-order chi connectivity index (χ1) is 13.3. The number of hydrogen-bond acceptors (Lipinski definition) is 5. The average Bonchev–Trinajstić information content (AvgIpc) is 3.27. The third-order valence-corrected chi connectivity index (χ3v) is 4.65. The van der Waals surface area contributed by atoms with Crippen molar-refractivity contribution in [1.29, 1.82) is 0 Å². The summed E-state index contributed by atoms with van der Waals surface area (Å²) in [5.74, 6) is -0.319. The maximum absolute atomic E-state index is 12.3. The molecule has 2 N–H and O–H groups in total. The molecule has 146 valence electrons. The molecule has 3 aromatic rings. The largest absolute Gasteiger partial charge is 0.326 e. The smallest absolute Gasteiger partial charge is 0.249 e. The van der Waals surface area contributed by atoms with Gasteiger partial charge < -0.3 is 10.6 Å². The van der Waals surface area contributed by atoms with E-state index < -0.39 is 6.04 Å². The maximum Gasteiger partial charge on any atom is 0.249 e. The summed E-state index contributed by atoms with van der Waals surface area (Å²) >= 11 is 0. The van der Waals surface area contributed by atoms with Gasteiger partial charge >= 0.3 is 0 Å². The number of anilines is 2. The van der Waals surface area contributed by atoms with Crippen molar-refractivity contribution in [1.82, 2.24) is 24.5 Å². The van der Waals surface area contributed by atoms with Gasteiger partial charge in [-0.15, -0.1) is 0 Å². The molecule has 0 fully saturated rings. The van der Waals surface area contributed by atoms with Gasteiger partial charge in [0, 0.05) is 29.7 Å². The molecule has 0 spiro atoms. The summed E-state index contributed by atoms with van der Waals surface area (Å²) in [7, 11) is 1.86. The van der Waals surface area contributed by atoms with Crippen LogP contribution in [0.1, 0.15) is 29.9 Å². The molecule has 2 amide bonds. The first kappa shape index (κ1) is 19.3. The molecule has 1 atom stereocenters. The van der Waals surface area contributed by atoms with Crippen molar-refractivity contribution >= 4 is 23.2 Å². The minimum absolute atomic E-state index is 0.115. The standard InChI is InChI=1S/C19H23N7O2/c1-12-17(13(2)25(4)24-12)9-18(27)22-15-5-7-16(8-6-15)23-19(28)14(3)26-11-20-10-21-26/h5-8,10-11,14H,9H2,1-4H3,(H,22,27)(H,23,28). The molecular formula is C19H23N7O2. The van der Waals surface area contributed by atoms with E-state index in [1.807, 2.05) is 20.9 Å². The Kier molecular flexibility index (Phi) is 5.53. The minimum atomic E-state index is -0.479. The van der Waals surface area contributed by atoms with Gasteiger partial charge in [-0.25, -0.2) is 9.67 Å². The molecule has 2 heterocycles. The van der Waals surface area contributed by atoms with Crippen LogP contribution in [0.2, 0.25) is 0 Å². The highest BCUT2D eigenvalue weighted by Gasteiger charge is 2.16. The summed E-state index contributed by atoms with van der Waals surface area (Å²) in [5.41, 5.74) is 4.06. The number of aromatic nitrogens is 5. The second-order valence-corrected chi connectivity index (χ2v) is 6.62. The lowest BCUT2D eigenvalue weighted by Crippen LogP contribution is -2.24. The van der Waals surface area contributed by atoms with Gasteiger partial charge in [0.1, 0.15) is 18.7 Å². The van der Waals surface area contributed by atoms with E-state index >= 15 is 0 Å². The quantitative estimate of drug-likeness (QED) is 0.679. The van der Waals surface area contributed by atoms with Gasteiger partial charge in [-0.3, -0.25) is 14.3 Å². The molecule has 0 aliphatic rings. The van der Waals surface area contributed by atoms with Crippen LogP contribution in [-0.4, -0.2) is 36.4 Å². The van der Waals surface area contributed by atoms with Gasteiger partial charge in [0.25, 0.3) is 0 Å². The Bertz CT molecular complexity index is 975. The number of aryl methyl sites for hydroxylation is 2. The lowest BCUT2D eigenvalue weighted by molar-refractivity contribution is -0.119. The fourth-order valence-corrected chi connectivity index (χ4v) is 2.86. The molecule has 3 rings (SSSR count). The monoisotopic (exact) mass is 381 g/mol. The van der Waals surface area contributed by atoms with Gasteiger partial charge in [0.05, 0.1) is 12.1 Å². The molecule has 1 aromatic carbocycles. The lowest BCUT2D eigenvalue weighted by atomic mass is 10.1. The molecule has 9 heteroatoms. The van der Waals surface area contributed by atoms with Crippen LogP contribution < -0.4 is 10.6 Å². The normalized spacial score (nSPS) is 11.9. The first-order valence-corrected chi connectivity index (χ1v) is 8.89. The van der Waals surface area contributed by atoms with Crippen LogP contribution in [0.5, 0.6) is 0 Å². The van der Waals surface area contributed by atoms with Gasteiger partial charge in [-0.2, -0.15) is 10.2 Å². The molecule has 0 aliphatic heterocycles. The molecule has 0 saturated carbocycles. The van der Waals surface area contributed by atoms with Gasteiger partial charge in [-0.05, 0) is 45.0 Å². The second-order valence-electron chi connectivity index (χ2n) is 6.62. The number of benzene rings is 1. The Morgan fingerprint density at radius 1 is 1.11 bits per heavy atom. The highest BCUT2D eigenvalue weighted by molar-refractivity contribution is 5.95. The Morgan fingerprint density at radius 3 is 2.29 bits per heavy atom. The predicted octanol–water partition coefficient (Wildman–Crippen LogP) is 2.01. The topological polar surface area (TPSA) is 107 Å². The molecule has 0 bridgehead atoms. The zero-order valence-electron chi connectivity index (χ0n) is 16.3. The Labute approximate surface area is 162 Å². The number of amides is 2. The minimum Gasteiger partial charge on any atom is -0.326 e. The number of nitrogens with zero attached hydrogens (tertiary/aromatic N) is 5. The van der Waals surface area contributed by atoms with Crippen molar-refractivity contribution < 1.29 is 9.59 Å². The van der Waals surface area contributed by atoms with Crippen LogP contribution in [0.3, 0.4) is 0 Å². The highest BCUT2D eigenvalue weighted by atomic mass is 16.2. The predicted molar refractivity (Wildman–Crippen MR) is 105 cm³/mol. The van der Waals surface area contributed by atoms with E-state index in [1.165, 1.54) is 17.3 Å². The molecule has 2 aromatic heterocycles. The lowest BCUT2D eigenvalue weighted by Gasteiger charge is -2.12. The van der Waals surface area contributed by atoms with Crippen molar-refractivity contribution in [2.45, 2.75) is 33.2 Å². The molecule has 28 heavy (non-hydrogen) atoms. The van der Waals surface area contributed by atoms with Gasteiger partial charge in [0.15, 0.2) is 0 Å². The van der Waals surface area contributed by atoms with Crippen molar-refractivity contribution in [2.24, 2.45) is 7.05 Å². The second kappa shape index (κ2) is 8.03. The van der Waals surface area contributed by atoms with Crippen molar-refractivity contribution in [3.63, 3.8) is 0 Å². The summed E-state index contributed by atoms with van der Waals surface area (Å²) in [6.45, 7) is 5.58. The first-order valence-electron chi connectivity index (χ1n) is 8.89. The average molecular weight is 381 g/mol. The van der Waals surface area contributed by atoms with E-state index in [4.69, 9.17) is 0 Å². The number of carbonyl (C=O) groups is 2. The molecule has 0 saturated heterocycles. The summed E-state index contributed by atoms with van der Waals surface area (Å²) in [5, 5.41) is 14.0. The third-order valence-electron chi connectivity index (χ3n) is 4.65. The van der Waals surface area contributed by atoms with Crippen LogP contribution in [-0.2, 0) is 23.1 Å². The van der Waals surface area contributed by atoms with E-state index in [0.717, 1.165) is 17.0 Å². The SMILES string of the molecule is Cc1nn(C)c(C)c1CC(=O)Nc1ccc(NC(=O)C(C)n2cncn2)cc1. The third kappa shape index (κ3) is 4.25. The Balaban J connectivity index is 1.58. The zero-order valence-corrected chi connectivity index (χ0v) is 16.3. The van der Waals surface area contributed by atoms with Crippen LogP contribution in [0, 0.1) is 13.8 Å². The van der Waals surface area contributed by atoms with E-state index in [2.05, 4.69) is 25.8 Å². The molecule has 1 unspecified atom stereocenters. The van der Waals surface area contributed by atoms with Crippen LogP contribution in [0.4, 0.5) is 11.4 Å². The summed E-state index contributed by atoms with van der Waals surface area (Å²) in [4.78, 5) is 28.5. The van der Waals surface area contributed by atoms with Crippen molar-refractivity contribution in [2.75, 3.05) is 10.6 Å². The van der Waals surface area contributed by atoms with Crippen LogP contribution in [0.25, 0.3) is 0 Å². The van der Waals surface area contributed by atoms with E-state index in [1.54, 1.807) is 35.9 Å². The molecule has 9 nitrogen and oxygen atoms in total. The fourth-order valence-electron chi connectivity index (χ4n) is 2.86. The van der Waals surface area contributed by atoms with Crippen LogP contribution in [0.15, 0.2) is 36.9 Å².